The van der Waals surface area contributed by atoms with Crippen LogP contribution in [0.1, 0.15) is 23.0 Å². The first kappa shape index (κ1) is 18.2. The van der Waals surface area contributed by atoms with Crippen molar-refractivity contribution in [2.24, 2.45) is 0 Å². The number of hydrogen-bond acceptors (Lipinski definition) is 8. The summed E-state index contributed by atoms with van der Waals surface area (Å²) in [5.41, 5.74) is 3.08. The zero-order valence-electron chi connectivity index (χ0n) is 15.6. The van der Waals surface area contributed by atoms with Crippen LogP contribution >= 0.6 is 11.3 Å². The quantitative estimate of drug-likeness (QED) is 0.705. The van der Waals surface area contributed by atoms with E-state index in [0.717, 1.165) is 23.4 Å². The maximum absolute atomic E-state index is 12.5. The first-order valence-electron chi connectivity index (χ1n) is 8.59. The number of methoxy groups -OCH3 is 2. The van der Waals surface area contributed by atoms with E-state index < -0.39 is 5.91 Å². The monoisotopic (exact) mass is 398 g/mol. The predicted molar refractivity (Wildman–Crippen MR) is 104 cm³/mol. The maximum Gasteiger partial charge on any atom is 0.320 e. The maximum atomic E-state index is 12.5. The van der Waals surface area contributed by atoms with Crippen LogP contribution in [0.25, 0.3) is 11.3 Å². The first-order chi connectivity index (χ1) is 13.6. The molecule has 144 valence electrons. The number of anilines is 1. The third-order valence-electron chi connectivity index (χ3n) is 4.22. The zero-order valence-corrected chi connectivity index (χ0v) is 16.4. The number of carbonyl (C=O) groups excluding carboxylic acids is 1. The molecule has 8 nitrogen and oxygen atoms in total. The number of thiazole rings is 1. The third-order valence-corrected chi connectivity index (χ3v) is 4.98. The topological polar surface area (TPSA) is 95.5 Å². The molecule has 0 fully saturated rings. The van der Waals surface area contributed by atoms with Gasteiger partial charge in [-0.05, 0) is 30.7 Å². The second kappa shape index (κ2) is 7.43. The second-order valence-corrected chi connectivity index (χ2v) is 7.09. The Hall–Kier alpha value is -3.20. The number of amides is 1. The van der Waals surface area contributed by atoms with E-state index in [4.69, 9.17) is 14.2 Å². The van der Waals surface area contributed by atoms with Crippen LogP contribution in [0.3, 0.4) is 0 Å². The molecule has 0 saturated heterocycles. The molecule has 1 unspecified atom stereocenters. The van der Waals surface area contributed by atoms with Crippen LogP contribution in [0.2, 0.25) is 0 Å². The Morgan fingerprint density at radius 2 is 2.07 bits per heavy atom. The molecular weight excluding hydrogens is 380 g/mol. The molecule has 0 bridgehead atoms. The zero-order chi connectivity index (χ0) is 19.7. The van der Waals surface area contributed by atoms with Crippen molar-refractivity contribution in [3.8, 4) is 28.9 Å². The highest BCUT2D eigenvalue weighted by atomic mass is 32.1. The molecule has 0 aliphatic carbocycles. The minimum absolute atomic E-state index is 0.0546. The van der Waals surface area contributed by atoms with Crippen LogP contribution in [-0.2, 0) is 6.42 Å². The van der Waals surface area contributed by atoms with E-state index in [2.05, 4.69) is 26.3 Å². The van der Waals surface area contributed by atoms with Gasteiger partial charge in [-0.15, -0.1) is 11.3 Å². The normalized spacial score (nSPS) is 14.9. The summed E-state index contributed by atoms with van der Waals surface area (Å²) in [7, 11) is 2.88. The lowest BCUT2D eigenvalue weighted by atomic mass is 10.1. The molecule has 0 spiro atoms. The largest absolute Gasteiger partial charge is 0.490 e. The average Bonchev–Trinajstić information content (AvgIpc) is 3.32. The average molecular weight is 398 g/mol. The van der Waals surface area contributed by atoms with Gasteiger partial charge in [0, 0.05) is 23.4 Å². The molecule has 28 heavy (non-hydrogen) atoms. The lowest BCUT2D eigenvalue weighted by Crippen LogP contribution is -2.14. The number of benzene rings is 1. The molecule has 1 N–H and O–H groups in total. The van der Waals surface area contributed by atoms with Crippen molar-refractivity contribution < 1.29 is 19.0 Å². The van der Waals surface area contributed by atoms with Gasteiger partial charge in [0.15, 0.2) is 5.13 Å². The van der Waals surface area contributed by atoms with Crippen molar-refractivity contribution in [2.45, 2.75) is 19.4 Å². The summed E-state index contributed by atoms with van der Waals surface area (Å²) in [6.45, 7) is 2.05. The second-order valence-electron chi connectivity index (χ2n) is 6.23. The van der Waals surface area contributed by atoms with Gasteiger partial charge < -0.3 is 14.2 Å². The highest BCUT2D eigenvalue weighted by Gasteiger charge is 2.20. The van der Waals surface area contributed by atoms with Gasteiger partial charge in [0.25, 0.3) is 5.91 Å². The summed E-state index contributed by atoms with van der Waals surface area (Å²) in [5.74, 6) is 0.745. The number of carbonyl (C=O) groups is 1. The highest BCUT2D eigenvalue weighted by molar-refractivity contribution is 7.14. The summed E-state index contributed by atoms with van der Waals surface area (Å²) in [6, 6.07) is 7.51. The minimum Gasteiger partial charge on any atom is -0.490 e. The van der Waals surface area contributed by atoms with Gasteiger partial charge >= 0.3 is 6.01 Å². The summed E-state index contributed by atoms with van der Waals surface area (Å²) in [4.78, 5) is 25.1. The summed E-state index contributed by atoms with van der Waals surface area (Å²) in [5, 5.41) is 5.13. The van der Waals surface area contributed by atoms with Crippen LogP contribution in [0, 0.1) is 0 Å². The molecule has 4 rings (SSSR count). The molecule has 0 radical (unpaired) electrons. The fourth-order valence-electron chi connectivity index (χ4n) is 2.92. The van der Waals surface area contributed by atoms with E-state index in [1.807, 2.05) is 24.4 Å². The van der Waals surface area contributed by atoms with E-state index in [9.17, 15) is 4.79 Å². The van der Waals surface area contributed by atoms with Crippen molar-refractivity contribution in [3.05, 3.63) is 40.9 Å². The number of aromatic nitrogens is 3. The SMILES string of the molecule is COc1cc(C(=O)Nc2nc(-c3ccc4c(c3)CC(C)O4)cs2)nc(OC)n1. The van der Waals surface area contributed by atoms with Crippen molar-refractivity contribution in [1.29, 1.82) is 0 Å². The number of hydrogen-bond donors (Lipinski definition) is 1. The molecule has 3 heterocycles. The van der Waals surface area contributed by atoms with E-state index in [1.165, 1.54) is 37.2 Å². The van der Waals surface area contributed by atoms with E-state index in [-0.39, 0.29) is 23.7 Å². The standard InChI is InChI=1S/C19H18N4O4S/c1-10-6-12-7-11(4-5-15(12)27-10)14-9-28-19(21-14)23-17(24)13-8-16(25-2)22-18(20-13)26-3/h4-5,7-10H,6H2,1-3H3,(H,21,23,24). The smallest absolute Gasteiger partial charge is 0.320 e. The van der Waals surface area contributed by atoms with Crippen LogP contribution in [0.15, 0.2) is 29.6 Å². The van der Waals surface area contributed by atoms with Crippen LogP contribution in [0.4, 0.5) is 5.13 Å². The number of fused-ring (bicyclic) bond motifs is 1. The van der Waals surface area contributed by atoms with Gasteiger partial charge in [0.05, 0.1) is 19.9 Å². The molecule has 1 amide bonds. The van der Waals surface area contributed by atoms with E-state index in [0.29, 0.717) is 5.13 Å². The first-order valence-corrected chi connectivity index (χ1v) is 9.47. The lowest BCUT2D eigenvalue weighted by molar-refractivity contribution is 0.102. The predicted octanol–water partition coefficient (Wildman–Crippen LogP) is 3.19. The van der Waals surface area contributed by atoms with Gasteiger partial charge in [-0.2, -0.15) is 9.97 Å². The van der Waals surface area contributed by atoms with E-state index >= 15 is 0 Å². The van der Waals surface area contributed by atoms with E-state index in [1.54, 1.807) is 0 Å². The Balaban J connectivity index is 1.53. The Bertz CT molecular complexity index is 1010. The number of nitrogens with zero attached hydrogens (tertiary/aromatic N) is 3. The van der Waals surface area contributed by atoms with Crippen molar-refractivity contribution >= 4 is 22.4 Å². The molecule has 3 aromatic rings. The molecule has 1 aromatic carbocycles. The van der Waals surface area contributed by atoms with Crippen LogP contribution in [0.5, 0.6) is 17.6 Å². The minimum atomic E-state index is -0.420. The summed E-state index contributed by atoms with van der Waals surface area (Å²) < 4.78 is 15.8. The van der Waals surface area contributed by atoms with Gasteiger partial charge in [-0.25, -0.2) is 4.98 Å². The molecule has 1 aliphatic rings. The lowest BCUT2D eigenvalue weighted by Gasteiger charge is -2.05. The molecule has 0 saturated carbocycles. The third kappa shape index (κ3) is 3.61. The van der Waals surface area contributed by atoms with Gasteiger partial charge in [0.1, 0.15) is 17.5 Å². The van der Waals surface area contributed by atoms with Crippen molar-refractivity contribution in [1.82, 2.24) is 15.0 Å². The summed E-state index contributed by atoms with van der Waals surface area (Å²) in [6.07, 6.45) is 1.08. The molecule has 1 aliphatic heterocycles. The Kier molecular flexibility index (Phi) is 4.82. The molecular formula is C19H18N4O4S. The fourth-order valence-corrected chi connectivity index (χ4v) is 3.64. The van der Waals surface area contributed by atoms with Crippen LogP contribution in [-0.4, -0.2) is 41.2 Å². The van der Waals surface area contributed by atoms with Crippen molar-refractivity contribution in [3.63, 3.8) is 0 Å². The number of ether oxygens (including phenoxy) is 3. The Morgan fingerprint density at radius 3 is 2.86 bits per heavy atom. The summed E-state index contributed by atoms with van der Waals surface area (Å²) >= 11 is 1.34. The van der Waals surface area contributed by atoms with Gasteiger partial charge in [-0.1, -0.05) is 0 Å². The Morgan fingerprint density at radius 1 is 1.21 bits per heavy atom. The fraction of sp³-hybridized carbons (Fsp3) is 0.263. The van der Waals surface area contributed by atoms with Gasteiger partial charge in [0.2, 0.25) is 5.88 Å². The molecule has 9 heteroatoms. The van der Waals surface area contributed by atoms with Gasteiger partial charge in [-0.3, -0.25) is 10.1 Å². The number of nitrogens with one attached hydrogen (secondary N) is 1. The number of rotatable bonds is 5. The van der Waals surface area contributed by atoms with Crippen LogP contribution < -0.4 is 19.5 Å². The van der Waals surface area contributed by atoms with Crippen molar-refractivity contribution in [2.75, 3.05) is 19.5 Å². The molecule has 1 atom stereocenters. The Labute approximate surface area is 165 Å². The highest BCUT2D eigenvalue weighted by Crippen LogP contribution is 2.34. The molecule has 2 aromatic heterocycles.